The highest BCUT2D eigenvalue weighted by Gasteiger charge is 2.25. The van der Waals surface area contributed by atoms with E-state index in [9.17, 15) is 9.59 Å². The number of rotatable bonds is 5. The summed E-state index contributed by atoms with van der Waals surface area (Å²) in [6.07, 6.45) is 4.72. The van der Waals surface area contributed by atoms with Crippen molar-refractivity contribution in [2.75, 3.05) is 18.0 Å². The number of aryl methyl sites for hydroxylation is 1. The molecule has 0 saturated carbocycles. The fourth-order valence-corrected chi connectivity index (χ4v) is 3.21. The van der Waals surface area contributed by atoms with Crippen LogP contribution in [0, 0.1) is 0 Å². The lowest BCUT2D eigenvalue weighted by atomic mass is 10.0. The summed E-state index contributed by atoms with van der Waals surface area (Å²) < 4.78 is 3.00. The molecule has 0 aromatic carbocycles. The molecule has 0 aliphatic carbocycles. The number of carbonyl (C=O) groups excluding carboxylic acids is 1. The summed E-state index contributed by atoms with van der Waals surface area (Å²) >= 11 is 0. The quantitative estimate of drug-likeness (QED) is 0.846. The minimum absolute atomic E-state index is 0.00190. The molecular weight excluding hydrogens is 334 g/mol. The van der Waals surface area contributed by atoms with Crippen molar-refractivity contribution >= 4 is 11.7 Å². The van der Waals surface area contributed by atoms with Gasteiger partial charge < -0.3 is 10.2 Å². The molecule has 1 N–H and O–H groups in total. The smallest absolute Gasteiger partial charge is 0.273 e. The molecule has 140 valence electrons. The lowest BCUT2D eigenvalue weighted by Gasteiger charge is -2.36. The highest BCUT2D eigenvalue weighted by Crippen LogP contribution is 2.22. The molecule has 0 radical (unpaired) electrons. The average molecular weight is 359 g/mol. The fourth-order valence-electron chi connectivity index (χ4n) is 3.21. The van der Waals surface area contributed by atoms with Crippen LogP contribution >= 0.6 is 0 Å². The van der Waals surface area contributed by atoms with Gasteiger partial charge in [-0.15, -0.1) is 5.10 Å². The summed E-state index contributed by atoms with van der Waals surface area (Å²) in [5.74, 6) is 0.542. The Morgan fingerprint density at radius 2 is 2.15 bits per heavy atom. The normalized spacial score (nSPS) is 17.5. The van der Waals surface area contributed by atoms with Crippen molar-refractivity contribution in [1.29, 1.82) is 0 Å². The Morgan fingerprint density at radius 3 is 2.85 bits per heavy atom. The summed E-state index contributed by atoms with van der Waals surface area (Å²) in [4.78, 5) is 26.4. The predicted octanol–water partition coefficient (Wildman–Crippen LogP) is 0.742. The van der Waals surface area contributed by atoms with Crippen LogP contribution in [0.25, 0.3) is 0 Å². The van der Waals surface area contributed by atoms with Crippen LogP contribution in [0.3, 0.4) is 0 Å². The lowest BCUT2D eigenvalue weighted by molar-refractivity contribution is 0.0944. The fraction of sp³-hybridized carbons (Fsp3) is 0.588. The third kappa shape index (κ3) is 3.92. The standard InChI is InChI=1S/C17H25N7O2/c1-12(2)24-16(25)8-7-15(20-24)23-9-5-4-6-13(23)10-18-17(26)14-11-22(3)21-19-14/h7-8,11-13H,4-6,9-10H2,1-3H3,(H,18,26). The first-order valence-electron chi connectivity index (χ1n) is 8.96. The molecule has 1 amide bonds. The summed E-state index contributed by atoms with van der Waals surface area (Å²) in [6, 6.07) is 3.47. The molecule has 1 fully saturated rings. The molecule has 9 nitrogen and oxygen atoms in total. The van der Waals surface area contributed by atoms with Crippen LogP contribution in [-0.2, 0) is 7.05 Å². The minimum Gasteiger partial charge on any atom is -0.350 e. The van der Waals surface area contributed by atoms with Crippen molar-refractivity contribution in [3.05, 3.63) is 34.4 Å². The Morgan fingerprint density at radius 1 is 1.35 bits per heavy atom. The summed E-state index contributed by atoms with van der Waals surface area (Å²) in [6.45, 7) is 5.23. The van der Waals surface area contributed by atoms with Gasteiger partial charge in [-0.25, -0.2) is 4.68 Å². The molecule has 3 rings (SSSR count). The van der Waals surface area contributed by atoms with Crippen LogP contribution in [0.15, 0.2) is 23.1 Å². The Labute approximate surface area is 152 Å². The number of hydrogen-bond acceptors (Lipinski definition) is 6. The Balaban J connectivity index is 1.73. The molecule has 3 heterocycles. The van der Waals surface area contributed by atoms with Crippen molar-refractivity contribution < 1.29 is 4.79 Å². The van der Waals surface area contributed by atoms with Crippen LogP contribution in [0.5, 0.6) is 0 Å². The maximum Gasteiger partial charge on any atom is 0.273 e. The minimum atomic E-state index is -0.233. The van der Waals surface area contributed by atoms with E-state index in [1.54, 1.807) is 25.4 Å². The van der Waals surface area contributed by atoms with Crippen LogP contribution < -0.4 is 15.8 Å². The van der Waals surface area contributed by atoms with Gasteiger partial charge >= 0.3 is 0 Å². The van der Waals surface area contributed by atoms with E-state index in [-0.39, 0.29) is 23.6 Å². The summed E-state index contributed by atoms with van der Waals surface area (Å²) in [5.41, 5.74) is 0.203. The molecule has 1 saturated heterocycles. The van der Waals surface area contributed by atoms with Gasteiger partial charge in [0, 0.05) is 32.2 Å². The predicted molar refractivity (Wildman–Crippen MR) is 97.2 cm³/mol. The lowest BCUT2D eigenvalue weighted by Crippen LogP contribution is -2.47. The number of nitrogens with zero attached hydrogens (tertiary/aromatic N) is 6. The highest BCUT2D eigenvalue weighted by atomic mass is 16.2. The van der Waals surface area contributed by atoms with Crippen LogP contribution in [0.1, 0.15) is 49.6 Å². The SMILES string of the molecule is CC(C)n1nc(N2CCCCC2CNC(=O)c2cn(C)nn2)ccc1=O. The monoisotopic (exact) mass is 359 g/mol. The number of amides is 1. The average Bonchev–Trinajstić information content (AvgIpc) is 3.07. The Kier molecular flexibility index (Phi) is 5.34. The van der Waals surface area contributed by atoms with Crippen molar-refractivity contribution in [3.63, 3.8) is 0 Å². The number of carbonyl (C=O) groups is 1. The van der Waals surface area contributed by atoms with Crippen molar-refractivity contribution in [2.24, 2.45) is 7.05 Å². The van der Waals surface area contributed by atoms with E-state index in [4.69, 9.17) is 0 Å². The molecular formula is C17H25N7O2. The Bertz CT molecular complexity index is 827. The molecule has 0 bridgehead atoms. The zero-order chi connectivity index (χ0) is 18.7. The maximum atomic E-state index is 12.2. The van der Waals surface area contributed by atoms with E-state index in [1.807, 2.05) is 13.8 Å². The molecule has 1 atom stereocenters. The first kappa shape index (κ1) is 18.1. The van der Waals surface area contributed by atoms with Crippen molar-refractivity contribution in [3.8, 4) is 0 Å². The molecule has 2 aromatic heterocycles. The number of hydrogen-bond donors (Lipinski definition) is 1. The van der Waals surface area contributed by atoms with E-state index in [2.05, 4.69) is 25.6 Å². The van der Waals surface area contributed by atoms with Gasteiger partial charge in [-0.05, 0) is 39.2 Å². The van der Waals surface area contributed by atoms with Crippen molar-refractivity contribution in [2.45, 2.75) is 45.2 Å². The van der Waals surface area contributed by atoms with E-state index in [1.165, 1.54) is 9.36 Å². The van der Waals surface area contributed by atoms with Gasteiger partial charge in [0.05, 0.1) is 12.2 Å². The van der Waals surface area contributed by atoms with E-state index < -0.39 is 0 Å². The van der Waals surface area contributed by atoms with E-state index in [0.29, 0.717) is 12.2 Å². The number of anilines is 1. The van der Waals surface area contributed by atoms with Gasteiger partial charge in [0.1, 0.15) is 5.82 Å². The van der Waals surface area contributed by atoms with Crippen LogP contribution in [0.2, 0.25) is 0 Å². The number of aromatic nitrogens is 5. The van der Waals surface area contributed by atoms with Gasteiger partial charge in [-0.2, -0.15) is 5.10 Å². The van der Waals surface area contributed by atoms with E-state index >= 15 is 0 Å². The molecule has 2 aromatic rings. The van der Waals surface area contributed by atoms with Gasteiger partial charge in [-0.3, -0.25) is 14.3 Å². The third-order valence-electron chi connectivity index (χ3n) is 4.56. The second-order valence-electron chi connectivity index (χ2n) is 6.90. The summed E-state index contributed by atoms with van der Waals surface area (Å²) in [7, 11) is 1.72. The molecule has 1 unspecified atom stereocenters. The van der Waals surface area contributed by atoms with E-state index in [0.717, 1.165) is 31.6 Å². The first-order chi connectivity index (χ1) is 12.5. The molecule has 1 aliphatic heterocycles. The van der Waals surface area contributed by atoms with Crippen LogP contribution in [-0.4, -0.2) is 49.8 Å². The summed E-state index contributed by atoms with van der Waals surface area (Å²) in [5, 5.41) is 15.1. The molecule has 0 spiro atoms. The van der Waals surface area contributed by atoms with Gasteiger partial charge in [0.25, 0.3) is 11.5 Å². The van der Waals surface area contributed by atoms with Gasteiger partial charge in [0.15, 0.2) is 5.69 Å². The third-order valence-corrected chi connectivity index (χ3v) is 4.56. The highest BCUT2D eigenvalue weighted by molar-refractivity contribution is 5.91. The second-order valence-corrected chi connectivity index (χ2v) is 6.90. The van der Waals surface area contributed by atoms with Gasteiger partial charge in [0.2, 0.25) is 0 Å². The molecule has 9 heteroatoms. The number of nitrogens with one attached hydrogen (secondary N) is 1. The second kappa shape index (κ2) is 7.67. The maximum absolute atomic E-state index is 12.2. The van der Waals surface area contributed by atoms with Crippen molar-refractivity contribution in [1.82, 2.24) is 30.1 Å². The molecule has 1 aliphatic rings. The first-order valence-corrected chi connectivity index (χ1v) is 8.96. The topological polar surface area (TPSA) is 97.9 Å². The zero-order valence-corrected chi connectivity index (χ0v) is 15.4. The largest absolute Gasteiger partial charge is 0.350 e. The molecule has 26 heavy (non-hydrogen) atoms. The van der Waals surface area contributed by atoms with Crippen LogP contribution in [0.4, 0.5) is 5.82 Å². The Hall–Kier alpha value is -2.71. The number of piperidine rings is 1. The van der Waals surface area contributed by atoms with Gasteiger partial charge in [-0.1, -0.05) is 5.21 Å². The zero-order valence-electron chi connectivity index (χ0n) is 15.4.